The third-order valence-corrected chi connectivity index (χ3v) is 4.75. The van der Waals surface area contributed by atoms with Crippen molar-refractivity contribution >= 4 is 29.3 Å². The minimum atomic E-state index is -0.399. The fourth-order valence-corrected chi connectivity index (χ4v) is 3.14. The molecular formula is C19H23N3O2S. The van der Waals surface area contributed by atoms with E-state index in [1.165, 1.54) is 11.8 Å². The number of benzene rings is 2. The molecule has 0 heterocycles. The fraction of sp³-hybridized carbons (Fsp3) is 0.263. The molecule has 0 radical (unpaired) electrons. The number of primary amides is 1. The minimum Gasteiger partial charge on any atom is -0.375 e. The van der Waals surface area contributed by atoms with Crippen LogP contribution in [0.1, 0.15) is 16.8 Å². The predicted octanol–water partition coefficient (Wildman–Crippen LogP) is 2.52. The molecular weight excluding hydrogens is 334 g/mol. The van der Waals surface area contributed by atoms with E-state index in [4.69, 9.17) is 5.73 Å². The highest BCUT2D eigenvalue weighted by molar-refractivity contribution is 8.00. The molecule has 0 aliphatic rings. The average Bonchev–Trinajstić information content (AvgIpc) is 2.64. The summed E-state index contributed by atoms with van der Waals surface area (Å²) in [6.45, 7) is 1.44. The summed E-state index contributed by atoms with van der Waals surface area (Å²) in [4.78, 5) is 26.2. The van der Waals surface area contributed by atoms with Crippen LogP contribution in [0.4, 0.5) is 5.69 Å². The number of nitrogens with one attached hydrogen (secondary N) is 1. The van der Waals surface area contributed by atoms with Crippen LogP contribution in [-0.2, 0) is 4.79 Å². The number of para-hydroxylation sites is 1. The Morgan fingerprint density at radius 2 is 1.76 bits per heavy atom. The van der Waals surface area contributed by atoms with E-state index in [1.54, 1.807) is 6.07 Å². The van der Waals surface area contributed by atoms with E-state index < -0.39 is 5.91 Å². The van der Waals surface area contributed by atoms with E-state index in [-0.39, 0.29) is 11.7 Å². The Morgan fingerprint density at radius 3 is 2.48 bits per heavy atom. The van der Waals surface area contributed by atoms with Gasteiger partial charge in [-0.3, -0.25) is 9.59 Å². The summed E-state index contributed by atoms with van der Waals surface area (Å²) < 4.78 is 0. The van der Waals surface area contributed by atoms with E-state index in [2.05, 4.69) is 22.3 Å². The smallest absolute Gasteiger partial charge is 0.252 e. The zero-order chi connectivity index (χ0) is 18.1. The summed E-state index contributed by atoms with van der Waals surface area (Å²) in [7, 11) is 2.03. The highest BCUT2D eigenvalue weighted by Gasteiger charge is 2.11. The van der Waals surface area contributed by atoms with E-state index >= 15 is 0 Å². The Labute approximate surface area is 152 Å². The van der Waals surface area contributed by atoms with Gasteiger partial charge in [0.1, 0.15) is 0 Å². The van der Waals surface area contributed by atoms with Crippen molar-refractivity contribution in [1.29, 1.82) is 0 Å². The first-order chi connectivity index (χ1) is 12.1. The van der Waals surface area contributed by atoms with Gasteiger partial charge in [-0.25, -0.2) is 0 Å². The van der Waals surface area contributed by atoms with Crippen molar-refractivity contribution in [1.82, 2.24) is 5.32 Å². The van der Waals surface area contributed by atoms with Crippen molar-refractivity contribution < 1.29 is 9.59 Å². The fourth-order valence-electron chi connectivity index (χ4n) is 2.35. The lowest BCUT2D eigenvalue weighted by molar-refractivity contribution is -0.115. The van der Waals surface area contributed by atoms with Gasteiger partial charge in [-0.2, -0.15) is 0 Å². The quantitative estimate of drug-likeness (QED) is 0.534. The van der Waals surface area contributed by atoms with Crippen LogP contribution in [-0.4, -0.2) is 37.7 Å². The van der Waals surface area contributed by atoms with Crippen molar-refractivity contribution in [2.75, 3.05) is 30.8 Å². The van der Waals surface area contributed by atoms with Crippen LogP contribution in [0.25, 0.3) is 0 Å². The summed E-state index contributed by atoms with van der Waals surface area (Å²) in [6.07, 6.45) is 0.841. The standard InChI is InChI=1S/C19H23N3O2S/c1-22(15-8-3-2-4-9-15)13-7-12-21-19(24)16-10-5-6-11-17(16)25-14-18(20)23/h2-6,8-11H,7,12-14H2,1H3,(H2,20,23)(H,21,24). The van der Waals surface area contributed by atoms with Crippen LogP contribution in [0, 0.1) is 0 Å². The third kappa shape index (κ3) is 6.15. The second-order valence-corrected chi connectivity index (χ2v) is 6.63. The zero-order valence-corrected chi connectivity index (χ0v) is 15.1. The number of carbonyl (C=O) groups is 2. The van der Waals surface area contributed by atoms with Crippen molar-refractivity contribution in [2.24, 2.45) is 5.73 Å². The molecule has 0 atom stereocenters. The van der Waals surface area contributed by atoms with Gasteiger partial charge in [0.2, 0.25) is 5.91 Å². The van der Waals surface area contributed by atoms with Gasteiger partial charge in [-0.15, -0.1) is 11.8 Å². The molecule has 2 rings (SSSR count). The number of hydrogen-bond donors (Lipinski definition) is 2. The van der Waals surface area contributed by atoms with Crippen LogP contribution in [0.3, 0.4) is 0 Å². The van der Waals surface area contributed by atoms with Gasteiger partial charge in [-0.05, 0) is 30.7 Å². The zero-order valence-electron chi connectivity index (χ0n) is 14.3. The molecule has 0 aliphatic carbocycles. The maximum Gasteiger partial charge on any atom is 0.252 e. The molecule has 0 fully saturated rings. The highest BCUT2D eigenvalue weighted by Crippen LogP contribution is 2.22. The van der Waals surface area contributed by atoms with Crippen molar-refractivity contribution in [3.63, 3.8) is 0 Å². The SMILES string of the molecule is CN(CCCNC(=O)c1ccccc1SCC(N)=O)c1ccccc1. The van der Waals surface area contributed by atoms with Gasteiger partial charge < -0.3 is 16.0 Å². The average molecular weight is 357 g/mol. The van der Waals surface area contributed by atoms with Crippen LogP contribution >= 0.6 is 11.8 Å². The van der Waals surface area contributed by atoms with E-state index in [9.17, 15) is 9.59 Å². The first-order valence-electron chi connectivity index (χ1n) is 8.12. The van der Waals surface area contributed by atoms with E-state index in [0.29, 0.717) is 12.1 Å². The Balaban J connectivity index is 1.81. The third-order valence-electron chi connectivity index (χ3n) is 3.65. The van der Waals surface area contributed by atoms with Gasteiger partial charge in [0.15, 0.2) is 0 Å². The maximum absolute atomic E-state index is 12.4. The molecule has 132 valence electrons. The normalized spacial score (nSPS) is 10.3. The molecule has 3 N–H and O–H groups in total. The number of carbonyl (C=O) groups excluding carboxylic acids is 2. The Morgan fingerprint density at radius 1 is 1.08 bits per heavy atom. The molecule has 2 aromatic carbocycles. The van der Waals surface area contributed by atoms with Crippen LogP contribution in [0.5, 0.6) is 0 Å². The summed E-state index contributed by atoms with van der Waals surface area (Å²) >= 11 is 1.28. The maximum atomic E-state index is 12.4. The van der Waals surface area contributed by atoms with Crippen molar-refractivity contribution in [2.45, 2.75) is 11.3 Å². The van der Waals surface area contributed by atoms with Gasteiger partial charge in [0, 0.05) is 30.7 Å². The molecule has 0 spiro atoms. The van der Waals surface area contributed by atoms with Crippen LogP contribution in [0.2, 0.25) is 0 Å². The number of thioether (sulfide) groups is 1. The number of rotatable bonds is 9. The summed E-state index contributed by atoms with van der Waals surface area (Å²) in [5.74, 6) is -0.370. The largest absolute Gasteiger partial charge is 0.375 e. The molecule has 2 amide bonds. The first-order valence-corrected chi connectivity index (χ1v) is 9.11. The molecule has 2 aromatic rings. The van der Waals surface area contributed by atoms with Crippen molar-refractivity contribution in [3.8, 4) is 0 Å². The molecule has 0 unspecified atom stereocenters. The molecule has 6 heteroatoms. The number of hydrogen-bond acceptors (Lipinski definition) is 4. The molecule has 0 aliphatic heterocycles. The molecule has 0 saturated heterocycles. The molecule has 5 nitrogen and oxygen atoms in total. The number of nitrogens with two attached hydrogens (primary N) is 1. The Kier molecular flexibility index (Phi) is 7.35. The minimum absolute atomic E-state index is 0.130. The molecule has 25 heavy (non-hydrogen) atoms. The lowest BCUT2D eigenvalue weighted by Crippen LogP contribution is -2.28. The topological polar surface area (TPSA) is 75.4 Å². The molecule has 0 saturated carbocycles. The van der Waals surface area contributed by atoms with Crippen molar-refractivity contribution in [3.05, 3.63) is 60.2 Å². The number of anilines is 1. The van der Waals surface area contributed by atoms with E-state index in [0.717, 1.165) is 23.5 Å². The highest BCUT2D eigenvalue weighted by atomic mass is 32.2. The first kappa shape index (κ1) is 18.9. The van der Waals surface area contributed by atoms with Gasteiger partial charge in [0.25, 0.3) is 5.91 Å². The Bertz CT molecular complexity index is 707. The number of amides is 2. The van der Waals surface area contributed by atoms with Gasteiger partial charge in [-0.1, -0.05) is 30.3 Å². The lowest BCUT2D eigenvalue weighted by atomic mass is 10.2. The predicted molar refractivity (Wildman–Crippen MR) is 103 cm³/mol. The second-order valence-electron chi connectivity index (χ2n) is 5.62. The second kappa shape index (κ2) is 9.74. The lowest BCUT2D eigenvalue weighted by Gasteiger charge is -2.19. The summed E-state index contributed by atoms with van der Waals surface area (Å²) in [5.41, 5.74) is 6.90. The summed E-state index contributed by atoms with van der Waals surface area (Å²) in [5, 5.41) is 2.94. The molecule has 0 bridgehead atoms. The Hall–Kier alpha value is -2.47. The van der Waals surface area contributed by atoms with Crippen LogP contribution in [0.15, 0.2) is 59.5 Å². The van der Waals surface area contributed by atoms with E-state index in [1.807, 2.05) is 43.4 Å². The van der Waals surface area contributed by atoms with Gasteiger partial charge >= 0.3 is 0 Å². The molecule has 0 aromatic heterocycles. The number of nitrogens with zero attached hydrogens (tertiary/aromatic N) is 1. The summed E-state index contributed by atoms with van der Waals surface area (Å²) in [6, 6.07) is 17.4. The monoisotopic (exact) mass is 357 g/mol. The van der Waals surface area contributed by atoms with Gasteiger partial charge in [0.05, 0.1) is 11.3 Å². The van der Waals surface area contributed by atoms with Crippen LogP contribution < -0.4 is 16.0 Å².